The van der Waals surface area contributed by atoms with Crippen LogP contribution in [0, 0.1) is 17.0 Å². The highest BCUT2D eigenvalue weighted by molar-refractivity contribution is 7.85. The molecule has 0 radical (unpaired) electrons. The van der Waals surface area contributed by atoms with Crippen molar-refractivity contribution in [2.24, 2.45) is 0 Å². The Kier molecular flexibility index (Phi) is 3.32. The highest BCUT2D eigenvalue weighted by atomic mass is 32.2. The molecule has 1 aromatic rings. The number of aromatic nitrogens is 2. The first-order chi connectivity index (χ1) is 8.08. The summed E-state index contributed by atoms with van der Waals surface area (Å²) in [5, 5.41) is 10.9. The molecule has 7 nitrogen and oxygen atoms in total. The van der Waals surface area contributed by atoms with E-state index in [1.807, 2.05) is 0 Å². The Balaban J connectivity index is 2.33. The Hall–Kier alpha value is -1.57. The minimum atomic E-state index is -0.812. The van der Waals surface area contributed by atoms with Crippen LogP contribution in [-0.4, -0.2) is 43.7 Å². The summed E-state index contributed by atoms with van der Waals surface area (Å²) in [4.78, 5) is 20.1. The number of nitro groups is 1. The molecule has 0 amide bonds. The Morgan fingerprint density at radius 1 is 1.47 bits per heavy atom. The molecule has 1 aromatic heterocycles. The van der Waals surface area contributed by atoms with E-state index in [0.29, 0.717) is 36.2 Å². The number of anilines is 1. The van der Waals surface area contributed by atoms with E-state index in [0.717, 1.165) is 0 Å². The normalized spacial score (nSPS) is 17.1. The lowest BCUT2D eigenvalue weighted by Crippen LogP contribution is -2.38. The van der Waals surface area contributed by atoms with Crippen LogP contribution in [0.25, 0.3) is 0 Å². The van der Waals surface area contributed by atoms with Crippen molar-refractivity contribution in [2.45, 2.75) is 6.92 Å². The highest BCUT2D eigenvalue weighted by Gasteiger charge is 2.25. The summed E-state index contributed by atoms with van der Waals surface area (Å²) < 4.78 is 11.2. The van der Waals surface area contributed by atoms with E-state index in [-0.39, 0.29) is 5.69 Å². The molecule has 1 aliphatic rings. The number of rotatable bonds is 2. The van der Waals surface area contributed by atoms with Crippen molar-refractivity contribution in [3.63, 3.8) is 0 Å². The molecule has 1 fully saturated rings. The van der Waals surface area contributed by atoms with Gasteiger partial charge in [-0.3, -0.25) is 14.3 Å². The van der Waals surface area contributed by atoms with Gasteiger partial charge < -0.3 is 4.90 Å². The monoisotopic (exact) mass is 256 g/mol. The summed E-state index contributed by atoms with van der Waals surface area (Å²) in [6.45, 7) is 2.75. The van der Waals surface area contributed by atoms with Gasteiger partial charge in [0, 0.05) is 35.4 Å². The van der Waals surface area contributed by atoms with Gasteiger partial charge in [-0.1, -0.05) is 0 Å². The van der Waals surface area contributed by atoms with Crippen molar-refractivity contribution >= 4 is 22.3 Å². The predicted molar refractivity (Wildman–Crippen MR) is 63.5 cm³/mol. The molecule has 0 bridgehead atoms. The number of nitrogens with zero attached hydrogens (tertiary/aromatic N) is 4. The first-order valence-corrected chi connectivity index (χ1v) is 6.64. The van der Waals surface area contributed by atoms with Gasteiger partial charge in [-0.25, -0.2) is 9.97 Å². The quantitative estimate of drug-likeness (QED) is 0.557. The molecule has 1 saturated heterocycles. The summed E-state index contributed by atoms with van der Waals surface area (Å²) >= 11 is 0. The molecule has 8 heteroatoms. The smallest absolute Gasteiger partial charge is 0.329 e. The van der Waals surface area contributed by atoms with Gasteiger partial charge in [0.2, 0.25) is 5.82 Å². The van der Waals surface area contributed by atoms with Crippen molar-refractivity contribution in [2.75, 3.05) is 29.5 Å². The third kappa shape index (κ3) is 2.57. The second-order valence-corrected chi connectivity index (χ2v) is 5.41. The molecule has 2 rings (SSSR count). The van der Waals surface area contributed by atoms with Crippen molar-refractivity contribution < 1.29 is 9.13 Å². The third-order valence-electron chi connectivity index (χ3n) is 2.54. The fourth-order valence-corrected chi connectivity index (χ4v) is 2.72. The SMILES string of the molecule is Cc1ncc([N+](=O)[O-])c(N2CCS(=O)CC2)n1. The second kappa shape index (κ2) is 4.74. The van der Waals surface area contributed by atoms with Crippen molar-refractivity contribution in [1.29, 1.82) is 0 Å². The molecule has 1 aliphatic heterocycles. The average Bonchev–Trinajstić information content (AvgIpc) is 2.29. The minimum Gasteiger partial charge on any atom is -0.349 e. The summed E-state index contributed by atoms with van der Waals surface area (Å²) in [7, 11) is -0.812. The van der Waals surface area contributed by atoms with Crippen LogP contribution in [0.4, 0.5) is 11.5 Å². The van der Waals surface area contributed by atoms with Gasteiger partial charge in [-0.2, -0.15) is 0 Å². The molecule has 0 atom stereocenters. The average molecular weight is 256 g/mol. The molecule has 17 heavy (non-hydrogen) atoms. The number of aryl methyl sites for hydroxylation is 1. The van der Waals surface area contributed by atoms with Gasteiger partial charge in [0.25, 0.3) is 0 Å². The van der Waals surface area contributed by atoms with Crippen LogP contribution in [0.1, 0.15) is 5.82 Å². The van der Waals surface area contributed by atoms with Crippen molar-refractivity contribution in [3.05, 3.63) is 22.1 Å². The molecule has 0 aliphatic carbocycles. The molecule has 0 unspecified atom stereocenters. The lowest BCUT2D eigenvalue weighted by Gasteiger charge is -2.26. The zero-order chi connectivity index (χ0) is 12.4. The largest absolute Gasteiger partial charge is 0.349 e. The van der Waals surface area contributed by atoms with E-state index >= 15 is 0 Å². The molecule has 92 valence electrons. The minimum absolute atomic E-state index is 0.0942. The Labute approximate surface area is 100 Å². The van der Waals surface area contributed by atoms with Crippen LogP contribution in [0.3, 0.4) is 0 Å². The van der Waals surface area contributed by atoms with Gasteiger partial charge in [-0.05, 0) is 6.92 Å². The first-order valence-electron chi connectivity index (χ1n) is 5.16. The maximum Gasteiger partial charge on any atom is 0.329 e. The Morgan fingerprint density at radius 3 is 2.71 bits per heavy atom. The van der Waals surface area contributed by atoms with Crippen LogP contribution in [0.2, 0.25) is 0 Å². The van der Waals surface area contributed by atoms with E-state index in [1.54, 1.807) is 11.8 Å². The van der Waals surface area contributed by atoms with Crippen LogP contribution >= 0.6 is 0 Å². The van der Waals surface area contributed by atoms with E-state index in [2.05, 4.69) is 9.97 Å². The van der Waals surface area contributed by atoms with E-state index < -0.39 is 15.7 Å². The van der Waals surface area contributed by atoms with Crippen LogP contribution in [-0.2, 0) is 10.8 Å². The molecule has 0 spiro atoms. The fraction of sp³-hybridized carbons (Fsp3) is 0.556. The third-order valence-corrected chi connectivity index (χ3v) is 3.82. The highest BCUT2D eigenvalue weighted by Crippen LogP contribution is 2.25. The van der Waals surface area contributed by atoms with E-state index in [9.17, 15) is 14.3 Å². The zero-order valence-corrected chi connectivity index (χ0v) is 10.1. The Bertz CT molecular complexity index is 469. The summed E-state index contributed by atoms with van der Waals surface area (Å²) in [5.74, 6) is 1.89. The first kappa shape index (κ1) is 11.9. The summed E-state index contributed by atoms with van der Waals surface area (Å²) in [6.07, 6.45) is 1.23. The molecule has 0 N–H and O–H groups in total. The fourth-order valence-electron chi connectivity index (χ4n) is 1.66. The number of hydrogen-bond acceptors (Lipinski definition) is 6. The van der Waals surface area contributed by atoms with Crippen LogP contribution in [0.5, 0.6) is 0 Å². The van der Waals surface area contributed by atoms with Crippen LogP contribution in [0.15, 0.2) is 6.20 Å². The zero-order valence-electron chi connectivity index (χ0n) is 9.33. The maximum atomic E-state index is 11.2. The molecule has 2 heterocycles. The standard InChI is InChI=1S/C9H12N4O3S/c1-7-10-6-8(13(14)15)9(11-7)12-2-4-17(16)5-3-12/h6H,2-5H2,1H3. The van der Waals surface area contributed by atoms with Crippen LogP contribution < -0.4 is 4.90 Å². The molecule has 0 aromatic carbocycles. The van der Waals surface area contributed by atoms with E-state index in [1.165, 1.54) is 6.20 Å². The molecular formula is C9H12N4O3S. The van der Waals surface area contributed by atoms with Gasteiger partial charge in [0.05, 0.1) is 4.92 Å². The lowest BCUT2D eigenvalue weighted by atomic mass is 10.4. The lowest BCUT2D eigenvalue weighted by molar-refractivity contribution is -0.384. The Morgan fingerprint density at radius 2 is 2.12 bits per heavy atom. The maximum absolute atomic E-state index is 11.2. The van der Waals surface area contributed by atoms with Gasteiger partial charge in [0.1, 0.15) is 12.0 Å². The predicted octanol–water partition coefficient (Wildman–Crippen LogP) is 0.262. The van der Waals surface area contributed by atoms with Crippen molar-refractivity contribution in [1.82, 2.24) is 9.97 Å². The molecular weight excluding hydrogens is 244 g/mol. The summed E-state index contributed by atoms with van der Waals surface area (Å²) in [6, 6.07) is 0. The van der Waals surface area contributed by atoms with Gasteiger partial charge >= 0.3 is 5.69 Å². The second-order valence-electron chi connectivity index (χ2n) is 3.72. The van der Waals surface area contributed by atoms with Gasteiger partial charge in [-0.15, -0.1) is 0 Å². The van der Waals surface area contributed by atoms with E-state index in [4.69, 9.17) is 0 Å². The van der Waals surface area contributed by atoms with Gasteiger partial charge in [0.15, 0.2) is 0 Å². The topological polar surface area (TPSA) is 89.2 Å². The summed E-state index contributed by atoms with van der Waals surface area (Å²) in [5.41, 5.74) is -0.0942. The number of hydrogen-bond donors (Lipinski definition) is 0. The molecule has 0 saturated carbocycles. The van der Waals surface area contributed by atoms with Crippen molar-refractivity contribution in [3.8, 4) is 0 Å².